The van der Waals surface area contributed by atoms with Crippen molar-refractivity contribution in [2.75, 3.05) is 0 Å². The van der Waals surface area contributed by atoms with Crippen LogP contribution in [0.15, 0.2) is 60.7 Å². The van der Waals surface area contributed by atoms with Crippen LogP contribution in [0.4, 0.5) is 0 Å². The molecule has 1 heteroatoms. The fourth-order valence-electron chi connectivity index (χ4n) is 2.92. The van der Waals surface area contributed by atoms with E-state index in [9.17, 15) is 5.11 Å². The molecule has 0 aromatic heterocycles. The molecule has 106 valence electrons. The molecule has 0 radical (unpaired) electrons. The Labute approximate surface area is 122 Å². The summed E-state index contributed by atoms with van der Waals surface area (Å²) in [4.78, 5) is 0. The Morgan fingerprint density at radius 3 is 1.45 bits per heavy atom. The zero-order chi connectivity index (χ0) is 14.5. The molecule has 0 aliphatic rings. The maximum absolute atomic E-state index is 10.5. The highest BCUT2D eigenvalue weighted by atomic mass is 16.3. The lowest BCUT2D eigenvalue weighted by molar-refractivity contribution is 0.0651. The molecule has 0 heterocycles. The van der Waals surface area contributed by atoms with E-state index in [1.54, 1.807) is 0 Å². The van der Waals surface area contributed by atoms with Crippen molar-refractivity contribution in [3.8, 4) is 0 Å². The second kappa shape index (κ2) is 6.71. The molecule has 0 aliphatic heterocycles. The van der Waals surface area contributed by atoms with E-state index in [0.717, 1.165) is 0 Å². The molecule has 2 rings (SSSR count). The van der Waals surface area contributed by atoms with Crippen molar-refractivity contribution in [2.45, 2.75) is 32.8 Å². The molecule has 0 spiro atoms. The number of hydrogen-bond donors (Lipinski definition) is 1. The molecule has 2 unspecified atom stereocenters. The Balaban J connectivity index is 2.40. The van der Waals surface area contributed by atoms with Gasteiger partial charge >= 0.3 is 0 Å². The first kappa shape index (κ1) is 14.8. The molecule has 0 fully saturated rings. The zero-order valence-corrected chi connectivity index (χ0v) is 12.5. The predicted molar refractivity (Wildman–Crippen MR) is 84.7 cm³/mol. The summed E-state index contributed by atoms with van der Waals surface area (Å²) in [6, 6.07) is 21.0. The molecule has 0 amide bonds. The molecular weight excluding hydrogens is 244 g/mol. The van der Waals surface area contributed by atoms with Crippen LogP contribution in [0, 0.1) is 11.8 Å². The zero-order valence-electron chi connectivity index (χ0n) is 12.5. The Bertz CT molecular complexity index is 464. The highest BCUT2D eigenvalue weighted by Gasteiger charge is 2.28. The quantitative estimate of drug-likeness (QED) is 0.848. The van der Waals surface area contributed by atoms with Crippen LogP contribution in [0.3, 0.4) is 0 Å². The van der Waals surface area contributed by atoms with Crippen molar-refractivity contribution in [3.63, 3.8) is 0 Å². The minimum Gasteiger partial charge on any atom is -0.393 e. The van der Waals surface area contributed by atoms with Gasteiger partial charge in [0, 0.05) is 5.92 Å². The SMILES string of the molecule is CC(C)C(O)C(C)C(c1ccccc1)c1ccccc1. The van der Waals surface area contributed by atoms with Gasteiger partial charge in [-0.25, -0.2) is 0 Å². The van der Waals surface area contributed by atoms with E-state index in [1.807, 2.05) is 12.1 Å². The predicted octanol–water partition coefficient (Wildman–Crippen LogP) is 4.47. The third kappa shape index (κ3) is 3.29. The van der Waals surface area contributed by atoms with E-state index in [0.29, 0.717) is 0 Å². The van der Waals surface area contributed by atoms with Crippen molar-refractivity contribution in [1.29, 1.82) is 0 Å². The molecule has 1 nitrogen and oxygen atoms in total. The summed E-state index contributed by atoms with van der Waals surface area (Å²) in [7, 11) is 0. The summed E-state index contributed by atoms with van der Waals surface area (Å²) in [6.07, 6.45) is -0.305. The largest absolute Gasteiger partial charge is 0.393 e. The molecular formula is C19H24O. The number of aliphatic hydroxyl groups is 1. The molecule has 0 bridgehead atoms. The smallest absolute Gasteiger partial charge is 0.0597 e. The summed E-state index contributed by atoms with van der Waals surface area (Å²) >= 11 is 0. The molecule has 1 N–H and O–H groups in total. The summed E-state index contributed by atoms with van der Waals surface area (Å²) in [5.74, 6) is 0.675. The van der Waals surface area contributed by atoms with Crippen molar-refractivity contribution < 1.29 is 5.11 Å². The van der Waals surface area contributed by atoms with Crippen molar-refractivity contribution in [2.24, 2.45) is 11.8 Å². The van der Waals surface area contributed by atoms with E-state index in [1.165, 1.54) is 11.1 Å². The molecule has 20 heavy (non-hydrogen) atoms. The fourth-order valence-corrected chi connectivity index (χ4v) is 2.92. The maximum Gasteiger partial charge on any atom is 0.0597 e. The monoisotopic (exact) mass is 268 g/mol. The standard InChI is InChI=1S/C19H24O/c1-14(2)19(20)15(3)18(16-10-6-4-7-11-16)17-12-8-5-9-13-17/h4-15,18-20H,1-3H3. The van der Waals surface area contributed by atoms with Crippen LogP contribution in [0.1, 0.15) is 37.8 Å². The van der Waals surface area contributed by atoms with E-state index < -0.39 is 0 Å². The summed E-state index contributed by atoms with van der Waals surface area (Å²) in [5.41, 5.74) is 2.54. The van der Waals surface area contributed by atoms with Crippen molar-refractivity contribution >= 4 is 0 Å². The Morgan fingerprint density at radius 2 is 1.10 bits per heavy atom. The van der Waals surface area contributed by atoms with Crippen LogP contribution in [-0.4, -0.2) is 11.2 Å². The second-order valence-corrected chi connectivity index (χ2v) is 5.89. The molecule has 0 saturated carbocycles. The first-order valence-corrected chi connectivity index (χ1v) is 7.39. The Morgan fingerprint density at radius 1 is 0.700 bits per heavy atom. The van der Waals surface area contributed by atoms with Gasteiger partial charge in [0.2, 0.25) is 0 Å². The van der Waals surface area contributed by atoms with Gasteiger partial charge in [0.15, 0.2) is 0 Å². The lowest BCUT2D eigenvalue weighted by Crippen LogP contribution is -2.29. The topological polar surface area (TPSA) is 20.2 Å². The summed E-state index contributed by atoms with van der Waals surface area (Å²) < 4.78 is 0. The fraction of sp³-hybridized carbons (Fsp3) is 0.368. The van der Waals surface area contributed by atoms with Crippen molar-refractivity contribution in [3.05, 3.63) is 71.8 Å². The van der Waals surface area contributed by atoms with Gasteiger partial charge in [-0.15, -0.1) is 0 Å². The molecule has 2 atom stereocenters. The number of benzene rings is 2. The molecule has 0 aliphatic carbocycles. The lowest BCUT2D eigenvalue weighted by Gasteiger charge is -2.31. The molecule has 2 aromatic carbocycles. The van der Waals surface area contributed by atoms with Gasteiger partial charge in [-0.3, -0.25) is 0 Å². The van der Waals surface area contributed by atoms with E-state index in [-0.39, 0.29) is 23.9 Å². The lowest BCUT2D eigenvalue weighted by atomic mass is 9.76. The maximum atomic E-state index is 10.5. The van der Waals surface area contributed by atoms with Crippen LogP contribution < -0.4 is 0 Å². The van der Waals surface area contributed by atoms with Gasteiger partial charge in [0.1, 0.15) is 0 Å². The first-order chi connectivity index (χ1) is 9.61. The number of hydrogen-bond acceptors (Lipinski definition) is 1. The van der Waals surface area contributed by atoms with Gasteiger partial charge in [-0.05, 0) is 23.0 Å². The van der Waals surface area contributed by atoms with Gasteiger partial charge < -0.3 is 5.11 Å². The number of aliphatic hydroxyl groups excluding tert-OH is 1. The van der Waals surface area contributed by atoms with E-state index in [4.69, 9.17) is 0 Å². The van der Waals surface area contributed by atoms with Crippen molar-refractivity contribution in [1.82, 2.24) is 0 Å². The Kier molecular flexibility index (Phi) is 4.97. The summed E-state index contributed by atoms with van der Waals surface area (Å²) in [6.45, 7) is 6.30. The highest BCUT2D eigenvalue weighted by Crippen LogP contribution is 2.35. The summed E-state index contributed by atoms with van der Waals surface area (Å²) in [5, 5.41) is 10.5. The third-order valence-electron chi connectivity index (χ3n) is 4.06. The van der Waals surface area contributed by atoms with Gasteiger partial charge in [0.25, 0.3) is 0 Å². The minimum absolute atomic E-state index is 0.180. The van der Waals surface area contributed by atoms with Gasteiger partial charge in [-0.1, -0.05) is 81.4 Å². The van der Waals surface area contributed by atoms with Crippen LogP contribution in [0.25, 0.3) is 0 Å². The van der Waals surface area contributed by atoms with E-state index in [2.05, 4.69) is 69.3 Å². The van der Waals surface area contributed by atoms with E-state index >= 15 is 0 Å². The Hall–Kier alpha value is -1.60. The average Bonchev–Trinajstić information content (AvgIpc) is 2.48. The van der Waals surface area contributed by atoms with Gasteiger partial charge in [-0.2, -0.15) is 0 Å². The minimum atomic E-state index is -0.305. The van der Waals surface area contributed by atoms with Gasteiger partial charge in [0.05, 0.1) is 6.10 Å². The third-order valence-corrected chi connectivity index (χ3v) is 4.06. The first-order valence-electron chi connectivity index (χ1n) is 7.39. The van der Waals surface area contributed by atoms with Crippen LogP contribution in [0.5, 0.6) is 0 Å². The molecule has 0 saturated heterocycles. The number of rotatable bonds is 5. The average molecular weight is 268 g/mol. The second-order valence-electron chi connectivity index (χ2n) is 5.89. The van der Waals surface area contributed by atoms with Crippen LogP contribution >= 0.6 is 0 Å². The van der Waals surface area contributed by atoms with Crippen LogP contribution in [0.2, 0.25) is 0 Å². The highest BCUT2D eigenvalue weighted by molar-refractivity contribution is 5.33. The normalized spacial score (nSPS) is 14.5. The molecule has 2 aromatic rings. The van der Waals surface area contributed by atoms with Crippen LogP contribution in [-0.2, 0) is 0 Å².